The zero-order valence-electron chi connectivity index (χ0n) is 14.9. The van der Waals surface area contributed by atoms with Gasteiger partial charge in [-0.1, -0.05) is 12.1 Å². The van der Waals surface area contributed by atoms with Crippen molar-refractivity contribution in [1.29, 1.82) is 0 Å². The number of benzene rings is 2. The monoisotopic (exact) mass is 357 g/mol. The van der Waals surface area contributed by atoms with Gasteiger partial charge in [0.05, 0.1) is 20.1 Å². The van der Waals surface area contributed by atoms with E-state index in [1.807, 2.05) is 0 Å². The Morgan fingerprint density at radius 3 is 2.00 bits per heavy atom. The molecule has 0 aliphatic heterocycles. The van der Waals surface area contributed by atoms with E-state index in [2.05, 4.69) is 16.0 Å². The van der Waals surface area contributed by atoms with Crippen LogP contribution in [0, 0.1) is 0 Å². The fourth-order valence-corrected chi connectivity index (χ4v) is 2.21. The Morgan fingerprint density at radius 2 is 1.46 bits per heavy atom. The van der Waals surface area contributed by atoms with Crippen molar-refractivity contribution >= 4 is 23.3 Å². The normalized spacial score (nSPS) is 10.1. The minimum absolute atomic E-state index is 0.0694. The Labute approximate surface area is 152 Å². The average Bonchev–Trinajstić information content (AvgIpc) is 2.64. The van der Waals surface area contributed by atoms with Crippen LogP contribution in [0.5, 0.6) is 5.75 Å². The van der Waals surface area contributed by atoms with Gasteiger partial charge in [0, 0.05) is 25.0 Å². The van der Waals surface area contributed by atoms with E-state index < -0.39 is 0 Å². The van der Waals surface area contributed by atoms with Gasteiger partial charge in [-0.3, -0.25) is 4.79 Å². The minimum Gasteiger partial charge on any atom is -0.497 e. The fraction of sp³-hybridized carbons (Fsp3) is 0.263. The number of anilines is 2. The first-order valence-corrected chi connectivity index (χ1v) is 8.17. The summed E-state index contributed by atoms with van der Waals surface area (Å²) in [6, 6.07) is 13.8. The van der Waals surface area contributed by atoms with Crippen LogP contribution in [0.3, 0.4) is 0 Å². The van der Waals surface area contributed by atoms with Crippen molar-refractivity contribution in [3.05, 3.63) is 54.1 Å². The van der Waals surface area contributed by atoms with Crippen molar-refractivity contribution < 1.29 is 19.1 Å². The third-order valence-corrected chi connectivity index (χ3v) is 3.55. The molecular weight excluding hydrogens is 334 g/mol. The minimum atomic E-state index is -0.347. The first-order valence-electron chi connectivity index (χ1n) is 8.17. The number of hydrogen-bond acceptors (Lipinski definition) is 4. The third-order valence-electron chi connectivity index (χ3n) is 3.55. The van der Waals surface area contributed by atoms with Gasteiger partial charge in [-0.15, -0.1) is 0 Å². The molecular formula is C19H23N3O4. The summed E-state index contributed by atoms with van der Waals surface area (Å²) >= 11 is 0. The Kier molecular flexibility index (Phi) is 7.45. The number of ether oxygens (including phenoxy) is 2. The van der Waals surface area contributed by atoms with Crippen molar-refractivity contribution in [1.82, 2.24) is 5.32 Å². The highest BCUT2D eigenvalue weighted by atomic mass is 16.5. The first-order chi connectivity index (χ1) is 12.6. The van der Waals surface area contributed by atoms with Crippen LogP contribution in [0.25, 0.3) is 0 Å². The maximum absolute atomic E-state index is 12.0. The second kappa shape index (κ2) is 10.0. The van der Waals surface area contributed by atoms with E-state index in [1.165, 1.54) is 0 Å². The summed E-state index contributed by atoms with van der Waals surface area (Å²) in [5.74, 6) is 0.651. The van der Waals surface area contributed by atoms with Crippen molar-refractivity contribution in [3.8, 4) is 5.75 Å². The quantitative estimate of drug-likeness (QED) is 0.634. The highest BCUT2D eigenvalue weighted by Crippen LogP contribution is 2.16. The summed E-state index contributed by atoms with van der Waals surface area (Å²) in [4.78, 5) is 23.8. The second-order valence-corrected chi connectivity index (χ2v) is 5.52. The molecule has 2 aromatic carbocycles. The van der Waals surface area contributed by atoms with E-state index in [1.54, 1.807) is 62.8 Å². The second-order valence-electron chi connectivity index (χ2n) is 5.52. The van der Waals surface area contributed by atoms with E-state index >= 15 is 0 Å². The molecule has 7 nitrogen and oxygen atoms in total. The zero-order chi connectivity index (χ0) is 18.8. The Morgan fingerprint density at radius 1 is 0.885 bits per heavy atom. The van der Waals surface area contributed by atoms with Crippen LogP contribution in [0.4, 0.5) is 16.2 Å². The number of carbonyl (C=O) groups excluding carboxylic acids is 2. The summed E-state index contributed by atoms with van der Waals surface area (Å²) in [6.07, 6.45) is 0.280. The topological polar surface area (TPSA) is 88.7 Å². The number of methoxy groups -OCH3 is 2. The molecule has 2 rings (SSSR count). The fourth-order valence-electron chi connectivity index (χ4n) is 2.21. The van der Waals surface area contributed by atoms with Gasteiger partial charge in [0.15, 0.2) is 0 Å². The molecule has 26 heavy (non-hydrogen) atoms. The molecule has 0 saturated carbocycles. The van der Waals surface area contributed by atoms with Crippen molar-refractivity contribution in [2.24, 2.45) is 0 Å². The van der Waals surface area contributed by atoms with E-state index in [-0.39, 0.29) is 18.4 Å². The molecule has 3 amide bonds. The lowest BCUT2D eigenvalue weighted by atomic mass is 10.1. The van der Waals surface area contributed by atoms with Crippen molar-refractivity contribution in [2.45, 2.75) is 6.42 Å². The zero-order valence-corrected chi connectivity index (χ0v) is 14.9. The number of urea groups is 1. The van der Waals surface area contributed by atoms with Crippen molar-refractivity contribution in [3.63, 3.8) is 0 Å². The molecule has 0 spiro atoms. The van der Waals surface area contributed by atoms with Gasteiger partial charge in [0.2, 0.25) is 5.91 Å². The summed E-state index contributed by atoms with van der Waals surface area (Å²) in [7, 11) is 3.17. The molecule has 2 aromatic rings. The van der Waals surface area contributed by atoms with Gasteiger partial charge < -0.3 is 25.4 Å². The SMILES string of the molecule is COCCNC(=O)Cc1ccc(NC(=O)Nc2ccc(OC)cc2)cc1. The largest absolute Gasteiger partial charge is 0.497 e. The van der Waals surface area contributed by atoms with Gasteiger partial charge in [-0.2, -0.15) is 0 Å². The molecule has 138 valence electrons. The summed E-state index contributed by atoms with van der Waals surface area (Å²) in [5.41, 5.74) is 2.16. The summed E-state index contributed by atoms with van der Waals surface area (Å²) in [5, 5.41) is 8.24. The van der Waals surface area contributed by atoms with Gasteiger partial charge in [-0.25, -0.2) is 4.79 Å². The van der Waals surface area contributed by atoms with Crippen LogP contribution in [0.2, 0.25) is 0 Å². The average molecular weight is 357 g/mol. The predicted octanol–water partition coefficient (Wildman–Crippen LogP) is 2.64. The molecule has 0 bridgehead atoms. The molecule has 3 N–H and O–H groups in total. The molecule has 0 saturated heterocycles. The molecule has 0 aliphatic carbocycles. The molecule has 0 atom stereocenters. The van der Waals surface area contributed by atoms with Crippen LogP contribution in [0.15, 0.2) is 48.5 Å². The molecule has 0 radical (unpaired) electrons. The standard InChI is InChI=1S/C19H23N3O4/c1-25-12-11-20-18(23)13-14-3-5-15(6-4-14)21-19(24)22-16-7-9-17(26-2)10-8-16/h3-10H,11-13H2,1-2H3,(H,20,23)(H2,21,22,24). The lowest BCUT2D eigenvalue weighted by Crippen LogP contribution is -2.28. The third kappa shape index (κ3) is 6.45. The highest BCUT2D eigenvalue weighted by Gasteiger charge is 2.05. The Hall–Kier alpha value is -3.06. The number of hydrogen-bond donors (Lipinski definition) is 3. The van der Waals surface area contributed by atoms with E-state index in [0.717, 1.165) is 11.3 Å². The van der Waals surface area contributed by atoms with Crippen LogP contribution >= 0.6 is 0 Å². The molecule has 0 fully saturated rings. The van der Waals surface area contributed by atoms with E-state index in [4.69, 9.17) is 9.47 Å². The highest BCUT2D eigenvalue weighted by molar-refractivity contribution is 5.99. The molecule has 0 aromatic heterocycles. The maximum atomic E-state index is 12.0. The van der Waals surface area contributed by atoms with E-state index in [9.17, 15) is 9.59 Å². The van der Waals surface area contributed by atoms with Crippen LogP contribution in [0.1, 0.15) is 5.56 Å². The number of nitrogens with one attached hydrogen (secondary N) is 3. The Bertz CT molecular complexity index is 715. The van der Waals surface area contributed by atoms with Gasteiger partial charge in [0.1, 0.15) is 5.75 Å². The maximum Gasteiger partial charge on any atom is 0.323 e. The predicted molar refractivity (Wildman–Crippen MR) is 101 cm³/mol. The number of amides is 3. The molecule has 7 heteroatoms. The van der Waals surface area contributed by atoms with Crippen LogP contribution < -0.4 is 20.7 Å². The van der Waals surface area contributed by atoms with Gasteiger partial charge in [-0.05, 0) is 42.0 Å². The molecule has 0 heterocycles. The van der Waals surface area contributed by atoms with Gasteiger partial charge >= 0.3 is 6.03 Å². The number of rotatable bonds is 8. The van der Waals surface area contributed by atoms with Gasteiger partial charge in [0.25, 0.3) is 0 Å². The molecule has 0 unspecified atom stereocenters. The Balaban J connectivity index is 1.81. The first kappa shape index (κ1) is 19.3. The lowest BCUT2D eigenvalue weighted by Gasteiger charge is -2.09. The van der Waals surface area contributed by atoms with Crippen LogP contribution in [-0.2, 0) is 16.0 Å². The lowest BCUT2D eigenvalue weighted by molar-refractivity contribution is -0.120. The summed E-state index contributed by atoms with van der Waals surface area (Å²) < 4.78 is 9.95. The molecule has 0 aliphatic rings. The van der Waals surface area contributed by atoms with E-state index in [0.29, 0.717) is 24.5 Å². The summed E-state index contributed by atoms with van der Waals surface area (Å²) in [6.45, 7) is 0.971. The van der Waals surface area contributed by atoms with Crippen LogP contribution in [-0.4, -0.2) is 39.3 Å². The van der Waals surface area contributed by atoms with Crippen molar-refractivity contribution in [2.75, 3.05) is 38.0 Å². The number of carbonyl (C=O) groups is 2. The smallest absolute Gasteiger partial charge is 0.323 e.